The Morgan fingerprint density at radius 1 is 1.33 bits per heavy atom. The third-order valence-electron chi connectivity index (χ3n) is 3.62. The maximum atomic E-state index is 12.5. The van der Waals surface area contributed by atoms with E-state index in [4.69, 9.17) is 10.5 Å². The van der Waals surface area contributed by atoms with Crippen LogP contribution in [0.2, 0.25) is 0 Å². The number of hydrogen-bond acceptors (Lipinski definition) is 4. The minimum Gasteiger partial charge on any atom is -0.399 e. The van der Waals surface area contributed by atoms with Crippen LogP contribution in [0.4, 0.5) is 5.69 Å². The molecule has 1 aliphatic rings. The highest BCUT2D eigenvalue weighted by atomic mass is 32.2. The van der Waals surface area contributed by atoms with Crippen LogP contribution in [0.3, 0.4) is 0 Å². The van der Waals surface area contributed by atoms with Gasteiger partial charge in [-0.15, -0.1) is 0 Å². The smallest absolute Gasteiger partial charge is 0.218 e. The van der Waals surface area contributed by atoms with E-state index in [0.29, 0.717) is 25.4 Å². The summed E-state index contributed by atoms with van der Waals surface area (Å²) in [6, 6.07) is 6.99. The van der Waals surface area contributed by atoms with Crippen LogP contribution in [0.5, 0.6) is 0 Å². The number of rotatable bonds is 6. The molecule has 0 radical (unpaired) electrons. The summed E-state index contributed by atoms with van der Waals surface area (Å²) in [6.45, 7) is 3.80. The van der Waals surface area contributed by atoms with Gasteiger partial charge in [-0.2, -0.15) is 4.31 Å². The fraction of sp³-hybridized carbons (Fsp3) is 0.600. The maximum absolute atomic E-state index is 12.5. The van der Waals surface area contributed by atoms with Gasteiger partial charge in [0.15, 0.2) is 0 Å². The molecular formula is C15H24N2O3S. The molecule has 1 unspecified atom stereocenters. The number of nitrogens with two attached hydrogens (primary N) is 1. The molecule has 21 heavy (non-hydrogen) atoms. The van der Waals surface area contributed by atoms with E-state index in [1.54, 1.807) is 28.6 Å². The van der Waals surface area contributed by atoms with E-state index >= 15 is 0 Å². The molecule has 1 fully saturated rings. The van der Waals surface area contributed by atoms with E-state index in [2.05, 4.69) is 6.92 Å². The third kappa shape index (κ3) is 4.69. The summed E-state index contributed by atoms with van der Waals surface area (Å²) >= 11 is 0. The number of piperidine rings is 1. The fourth-order valence-corrected chi connectivity index (χ4v) is 4.09. The first-order chi connectivity index (χ1) is 10.0. The van der Waals surface area contributed by atoms with Crippen LogP contribution < -0.4 is 5.73 Å². The van der Waals surface area contributed by atoms with E-state index < -0.39 is 10.0 Å². The second kappa shape index (κ2) is 7.24. The number of nitrogens with zero attached hydrogens (tertiary/aromatic N) is 1. The van der Waals surface area contributed by atoms with Crippen molar-refractivity contribution >= 4 is 15.7 Å². The van der Waals surface area contributed by atoms with Crippen LogP contribution in [-0.4, -0.2) is 38.5 Å². The molecule has 1 saturated heterocycles. The minimum atomic E-state index is -3.29. The fourth-order valence-electron chi connectivity index (χ4n) is 2.49. The summed E-state index contributed by atoms with van der Waals surface area (Å²) < 4.78 is 32.3. The van der Waals surface area contributed by atoms with Crippen molar-refractivity contribution in [1.82, 2.24) is 4.31 Å². The molecule has 1 aromatic carbocycles. The van der Waals surface area contributed by atoms with Gasteiger partial charge in [0.2, 0.25) is 10.0 Å². The summed E-state index contributed by atoms with van der Waals surface area (Å²) in [5.74, 6) is 0.0216. The molecule has 0 spiro atoms. The van der Waals surface area contributed by atoms with Crippen LogP contribution in [0.15, 0.2) is 24.3 Å². The van der Waals surface area contributed by atoms with Gasteiger partial charge in [0, 0.05) is 25.4 Å². The minimum absolute atomic E-state index is 0.0216. The van der Waals surface area contributed by atoms with Crippen LogP contribution in [0.25, 0.3) is 0 Å². The van der Waals surface area contributed by atoms with Gasteiger partial charge in [0.05, 0.1) is 11.9 Å². The molecule has 0 amide bonds. The predicted octanol–water partition coefficient (Wildman–Crippen LogP) is 1.99. The average molecular weight is 312 g/mol. The SMILES string of the molecule is CCCOC1CCCN(S(=O)(=O)Cc2ccc(N)cc2)C1. The van der Waals surface area contributed by atoms with Gasteiger partial charge >= 0.3 is 0 Å². The van der Waals surface area contributed by atoms with Crippen LogP contribution >= 0.6 is 0 Å². The molecule has 0 aromatic heterocycles. The van der Waals surface area contributed by atoms with E-state index in [1.165, 1.54) is 0 Å². The first-order valence-electron chi connectivity index (χ1n) is 7.45. The Balaban J connectivity index is 1.99. The van der Waals surface area contributed by atoms with Crippen molar-refractivity contribution < 1.29 is 13.2 Å². The molecule has 5 nitrogen and oxygen atoms in total. The Morgan fingerprint density at radius 2 is 2.05 bits per heavy atom. The Morgan fingerprint density at radius 3 is 2.71 bits per heavy atom. The summed E-state index contributed by atoms with van der Waals surface area (Å²) in [7, 11) is -3.29. The monoisotopic (exact) mass is 312 g/mol. The lowest BCUT2D eigenvalue weighted by molar-refractivity contribution is 0.0193. The zero-order chi connectivity index (χ0) is 15.3. The molecule has 118 valence electrons. The van der Waals surface area contributed by atoms with Gasteiger partial charge in [0.1, 0.15) is 0 Å². The number of nitrogen functional groups attached to an aromatic ring is 1. The molecule has 1 aliphatic heterocycles. The first kappa shape index (κ1) is 16.3. The molecule has 2 rings (SSSR count). The van der Waals surface area contributed by atoms with Crippen LogP contribution in [0.1, 0.15) is 31.7 Å². The van der Waals surface area contributed by atoms with Gasteiger partial charge < -0.3 is 10.5 Å². The highest BCUT2D eigenvalue weighted by molar-refractivity contribution is 7.88. The average Bonchev–Trinajstić information content (AvgIpc) is 2.48. The molecule has 0 bridgehead atoms. The van der Waals surface area contributed by atoms with Gasteiger partial charge in [-0.25, -0.2) is 8.42 Å². The van der Waals surface area contributed by atoms with E-state index in [-0.39, 0.29) is 11.9 Å². The number of anilines is 1. The van der Waals surface area contributed by atoms with Gasteiger partial charge in [-0.3, -0.25) is 0 Å². The number of ether oxygens (including phenoxy) is 1. The van der Waals surface area contributed by atoms with Crippen LogP contribution in [0, 0.1) is 0 Å². The second-order valence-electron chi connectivity index (χ2n) is 5.49. The topological polar surface area (TPSA) is 72.6 Å². The van der Waals surface area contributed by atoms with Crippen molar-refractivity contribution in [2.24, 2.45) is 0 Å². The third-order valence-corrected chi connectivity index (χ3v) is 5.44. The molecule has 0 saturated carbocycles. The van der Waals surface area contributed by atoms with Gasteiger partial charge in [0.25, 0.3) is 0 Å². The Labute approximate surface area is 127 Å². The lowest BCUT2D eigenvalue weighted by Gasteiger charge is -2.31. The first-order valence-corrected chi connectivity index (χ1v) is 9.06. The highest BCUT2D eigenvalue weighted by Crippen LogP contribution is 2.20. The Kier molecular flexibility index (Phi) is 5.61. The van der Waals surface area contributed by atoms with Gasteiger partial charge in [-0.1, -0.05) is 19.1 Å². The highest BCUT2D eigenvalue weighted by Gasteiger charge is 2.29. The van der Waals surface area contributed by atoms with Crippen molar-refractivity contribution in [2.45, 2.75) is 38.0 Å². The number of benzene rings is 1. The van der Waals surface area contributed by atoms with Crippen molar-refractivity contribution in [3.05, 3.63) is 29.8 Å². The Hall–Kier alpha value is -1.11. The quantitative estimate of drug-likeness (QED) is 0.815. The lowest BCUT2D eigenvalue weighted by atomic mass is 10.1. The van der Waals surface area contributed by atoms with Crippen molar-refractivity contribution in [3.63, 3.8) is 0 Å². The molecule has 0 aliphatic carbocycles. The molecule has 6 heteroatoms. The van der Waals surface area contributed by atoms with Crippen molar-refractivity contribution in [2.75, 3.05) is 25.4 Å². The number of sulfonamides is 1. The molecule has 1 atom stereocenters. The van der Waals surface area contributed by atoms with Crippen LogP contribution in [-0.2, 0) is 20.5 Å². The second-order valence-corrected chi connectivity index (χ2v) is 7.46. The van der Waals surface area contributed by atoms with Crippen molar-refractivity contribution in [3.8, 4) is 0 Å². The zero-order valence-corrected chi connectivity index (χ0v) is 13.3. The summed E-state index contributed by atoms with van der Waals surface area (Å²) in [5.41, 5.74) is 7.03. The number of hydrogen-bond donors (Lipinski definition) is 1. The molecule has 2 N–H and O–H groups in total. The Bertz CT molecular complexity index is 543. The summed E-state index contributed by atoms with van der Waals surface area (Å²) in [4.78, 5) is 0. The lowest BCUT2D eigenvalue weighted by Crippen LogP contribution is -2.43. The molecule has 1 heterocycles. The summed E-state index contributed by atoms with van der Waals surface area (Å²) in [5, 5.41) is 0. The standard InChI is InChI=1S/C15H24N2O3S/c1-2-10-20-15-4-3-9-17(11-15)21(18,19)12-13-5-7-14(16)8-6-13/h5-8,15H,2-4,9-12,16H2,1H3. The van der Waals surface area contributed by atoms with Crippen molar-refractivity contribution in [1.29, 1.82) is 0 Å². The summed E-state index contributed by atoms with van der Waals surface area (Å²) in [6.07, 6.45) is 2.78. The zero-order valence-electron chi connectivity index (χ0n) is 12.5. The van der Waals surface area contributed by atoms with Gasteiger partial charge in [-0.05, 0) is 37.0 Å². The van der Waals surface area contributed by atoms with E-state index in [9.17, 15) is 8.42 Å². The van der Waals surface area contributed by atoms with E-state index in [0.717, 1.165) is 24.8 Å². The maximum Gasteiger partial charge on any atom is 0.218 e. The molecular weight excluding hydrogens is 288 g/mol. The van der Waals surface area contributed by atoms with E-state index in [1.807, 2.05) is 0 Å². The normalized spacial score (nSPS) is 20.5. The molecule has 1 aromatic rings. The predicted molar refractivity (Wildman–Crippen MR) is 84.3 cm³/mol. The largest absolute Gasteiger partial charge is 0.399 e.